The van der Waals surface area contributed by atoms with Crippen LogP contribution < -0.4 is 5.73 Å². The molecule has 1 rings (SSSR count). The third-order valence-electron chi connectivity index (χ3n) is 3.13. The van der Waals surface area contributed by atoms with Crippen LogP contribution in [0.2, 0.25) is 0 Å². The molecule has 0 aliphatic heterocycles. The molecule has 0 radical (unpaired) electrons. The van der Waals surface area contributed by atoms with Gasteiger partial charge in [-0.05, 0) is 25.0 Å². The summed E-state index contributed by atoms with van der Waals surface area (Å²) in [5.74, 6) is 1.12. The Kier molecular flexibility index (Phi) is 7.49. The van der Waals surface area contributed by atoms with Gasteiger partial charge < -0.3 is 10.8 Å². The SMILES string of the molecule is NC(CO)CCSC1CCCCCCC1. The summed E-state index contributed by atoms with van der Waals surface area (Å²) in [6.45, 7) is 0.130. The Labute approximate surface area is 98.0 Å². The van der Waals surface area contributed by atoms with E-state index < -0.39 is 0 Å². The van der Waals surface area contributed by atoms with Gasteiger partial charge in [0.1, 0.15) is 0 Å². The second kappa shape index (κ2) is 8.43. The van der Waals surface area contributed by atoms with Crippen molar-refractivity contribution in [1.29, 1.82) is 0 Å². The highest BCUT2D eigenvalue weighted by Crippen LogP contribution is 2.27. The molecule has 0 heterocycles. The zero-order valence-electron chi connectivity index (χ0n) is 9.66. The van der Waals surface area contributed by atoms with Gasteiger partial charge in [-0.3, -0.25) is 0 Å². The van der Waals surface area contributed by atoms with Gasteiger partial charge in [0.2, 0.25) is 0 Å². The molecule has 0 aromatic carbocycles. The van der Waals surface area contributed by atoms with E-state index in [0.717, 1.165) is 17.4 Å². The number of aliphatic hydroxyl groups excluding tert-OH is 1. The van der Waals surface area contributed by atoms with Gasteiger partial charge in [-0.2, -0.15) is 11.8 Å². The molecule has 0 aromatic heterocycles. The Morgan fingerprint density at radius 2 is 1.73 bits per heavy atom. The second-order valence-corrected chi connectivity index (χ2v) is 5.98. The van der Waals surface area contributed by atoms with Crippen molar-refractivity contribution in [2.45, 2.75) is 62.7 Å². The maximum atomic E-state index is 8.82. The second-order valence-electron chi connectivity index (χ2n) is 4.57. The molecule has 1 aliphatic rings. The number of hydrogen-bond donors (Lipinski definition) is 2. The van der Waals surface area contributed by atoms with E-state index in [1.54, 1.807) is 0 Å². The lowest BCUT2D eigenvalue weighted by atomic mass is 10.0. The maximum absolute atomic E-state index is 8.82. The van der Waals surface area contributed by atoms with Gasteiger partial charge >= 0.3 is 0 Å². The van der Waals surface area contributed by atoms with Crippen molar-refractivity contribution in [2.75, 3.05) is 12.4 Å². The van der Waals surface area contributed by atoms with Crippen LogP contribution in [0, 0.1) is 0 Å². The van der Waals surface area contributed by atoms with Crippen molar-refractivity contribution < 1.29 is 5.11 Å². The lowest BCUT2D eigenvalue weighted by Gasteiger charge is -2.19. The molecule has 3 N–H and O–H groups in total. The highest BCUT2D eigenvalue weighted by molar-refractivity contribution is 7.99. The zero-order valence-corrected chi connectivity index (χ0v) is 10.5. The Bertz CT molecular complexity index is 147. The minimum absolute atomic E-state index is 0.00828. The monoisotopic (exact) mass is 231 g/mol. The first kappa shape index (κ1) is 13.3. The van der Waals surface area contributed by atoms with Gasteiger partial charge in [0, 0.05) is 11.3 Å². The van der Waals surface area contributed by atoms with Crippen LogP contribution in [0.25, 0.3) is 0 Å². The summed E-state index contributed by atoms with van der Waals surface area (Å²) in [6, 6.07) is -0.00828. The third-order valence-corrected chi connectivity index (χ3v) is 4.54. The molecule has 3 heteroatoms. The first-order valence-corrected chi connectivity index (χ1v) is 7.36. The summed E-state index contributed by atoms with van der Waals surface area (Å²) in [7, 11) is 0. The fourth-order valence-corrected chi connectivity index (χ4v) is 3.50. The normalized spacial score (nSPS) is 22.0. The molecule has 90 valence electrons. The first-order chi connectivity index (χ1) is 7.33. The van der Waals surface area contributed by atoms with Crippen molar-refractivity contribution >= 4 is 11.8 Å². The molecule has 1 fully saturated rings. The van der Waals surface area contributed by atoms with E-state index in [0.29, 0.717) is 0 Å². The number of hydrogen-bond acceptors (Lipinski definition) is 3. The number of nitrogens with two attached hydrogens (primary N) is 1. The fourth-order valence-electron chi connectivity index (χ4n) is 2.06. The molecule has 0 bridgehead atoms. The van der Waals surface area contributed by atoms with E-state index in [9.17, 15) is 0 Å². The fraction of sp³-hybridized carbons (Fsp3) is 1.00. The van der Waals surface area contributed by atoms with Gasteiger partial charge in [-0.15, -0.1) is 0 Å². The summed E-state index contributed by atoms with van der Waals surface area (Å²) < 4.78 is 0. The van der Waals surface area contributed by atoms with Gasteiger partial charge in [-0.1, -0.05) is 32.1 Å². The topological polar surface area (TPSA) is 46.2 Å². The van der Waals surface area contributed by atoms with Crippen LogP contribution in [0.1, 0.15) is 51.4 Å². The Morgan fingerprint density at radius 3 is 2.33 bits per heavy atom. The standard InChI is InChI=1S/C12H25NOS/c13-11(10-14)8-9-15-12-6-4-2-1-3-5-7-12/h11-12,14H,1-10,13H2. The average molecular weight is 231 g/mol. The average Bonchev–Trinajstić information content (AvgIpc) is 2.20. The van der Waals surface area contributed by atoms with Crippen molar-refractivity contribution in [3.8, 4) is 0 Å². The van der Waals surface area contributed by atoms with Crippen molar-refractivity contribution in [2.24, 2.45) is 5.73 Å². The molecule has 0 spiro atoms. The molecular weight excluding hydrogens is 206 g/mol. The van der Waals surface area contributed by atoms with E-state index in [4.69, 9.17) is 10.8 Å². The van der Waals surface area contributed by atoms with Gasteiger partial charge in [0.25, 0.3) is 0 Å². The number of aliphatic hydroxyl groups is 1. The predicted molar refractivity (Wildman–Crippen MR) is 68.2 cm³/mol. The van der Waals surface area contributed by atoms with E-state index >= 15 is 0 Å². The third kappa shape index (κ3) is 6.44. The van der Waals surface area contributed by atoms with Gasteiger partial charge in [0.15, 0.2) is 0 Å². The molecule has 0 saturated heterocycles. The lowest BCUT2D eigenvalue weighted by molar-refractivity contribution is 0.264. The van der Waals surface area contributed by atoms with Crippen LogP contribution in [0.15, 0.2) is 0 Å². The molecule has 0 aromatic rings. The van der Waals surface area contributed by atoms with Gasteiger partial charge in [0.05, 0.1) is 6.61 Å². The molecule has 1 atom stereocenters. The molecule has 15 heavy (non-hydrogen) atoms. The smallest absolute Gasteiger partial charge is 0.0582 e. The number of thioether (sulfide) groups is 1. The van der Waals surface area contributed by atoms with Crippen LogP contribution in [0.3, 0.4) is 0 Å². The Morgan fingerprint density at radius 1 is 1.13 bits per heavy atom. The molecule has 1 saturated carbocycles. The van der Waals surface area contributed by atoms with E-state index in [1.165, 1.54) is 44.9 Å². The Balaban J connectivity index is 2.07. The molecule has 2 nitrogen and oxygen atoms in total. The van der Waals surface area contributed by atoms with Crippen LogP contribution in [-0.4, -0.2) is 28.8 Å². The highest BCUT2D eigenvalue weighted by Gasteiger charge is 2.12. The van der Waals surface area contributed by atoms with Crippen LogP contribution in [-0.2, 0) is 0 Å². The summed E-state index contributed by atoms with van der Waals surface area (Å²) in [6.07, 6.45) is 10.8. The molecular formula is C12H25NOS. The Hall–Kier alpha value is 0.270. The quantitative estimate of drug-likeness (QED) is 0.764. The lowest BCUT2D eigenvalue weighted by Crippen LogP contribution is -2.25. The van der Waals surface area contributed by atoms with Crippen molar-refractivity contribution in [3.05, 3.63) is 0 Å². The first-order valence-electron chi connectivity index (χ1n) is 6.31. The van der Waals surface area contributed by atoms with Crippen LogP contribution in [0.4, 0.5) is 0 Å². The minimum Gasteiger partial charge on any atom is -0.395 e. The summed E-state index contributed by atoms with van der Waals surface area (Å²) >= 11 is 2.07. The van der Waals surface area contributed by atoms with Crippen LogP contribution >= 0.6 is 11.8 Å². The van der Waals surface area contributed by atoms with E-state index in [1.807, 2.05) is 0 Å². The van der Waals surface area contributed by atoms with Crippen LogP contribution in [0.5, 0.6) is 0 Å². The van der Waals surface area contributed by atoms with E-state index in [-0.39, 0.29) is 12.6 Å². The molecule has 1 unspecified atom stereocenters. The van der Waals surface area contributed by atoms with Crippen molar-refractivity contribution in [1.82, 2.24) is 0 Å². The predicted octanol–water partition coefficient (Wildman–Crippen LogP) is 2.54. The molecule has 1 aliphatic carbocycles. The maximum Gasteiger partial charge on any atom is 0.0582 e. The summed E-state index contributed by atoms with van der Waals surface area (Å²) in [5, 5.41) is 9.68. The summed E-state index contributed by atoms with van der Waals surface area (Å²) in [5.41, 5.74) is 5.68. The van der Waals surface area contributed by atoms with E-state index in [2.05, 4.69) is 11.8 Å². The largest absolute Gasteiger partial charge is 0.395 e. The summed E-state index contributed by atoms with van der Waals surface area (Å²) in [4.78, 5) is 0. The number of rotatable bonds is 5. The molecule has 0 amide bonds. The van der Waals surface area contributed by atoms with Crippen molar-refractivity contribution in [3.63, 3.8) is 0 Å². The highest BCUT2D eigenvalue weighted by atomic mass is 32.2. The minimum atomic E-state index is -0.00828. The van der Waals surface area contributed by atoms with Gasteiger partial charge in [-0.25, -0.2) is 0 Å². The zero-order chi connectivity index (χ0) is 10.9.